The van der Waals surface area contributed by atoms with E-state index in [4.69, 9.17) is 4.52 Å². The standard InChI is InChI=1S/C17H27N3O2/c1-11(21)19-17(2,3)16-18-15(22-20-16)14-10-6-8-12-7-4-5-9-13(12)14/h12-14H,4-10H2,1-3H3,(H,19,21)/t12-,13+,14-/m1/s1. The Labute approximate surface area is 132 Å². The molecule has 122 valence electrons. The molecule has 2 saturated carbocycles. The molecule has 22 heavy (non-hydrogen) atoms. The average Bonchev–Trinajstić information content (AvgIpc) is 2.96. The molecule has 1 amide bonds. The highest BCUT2D eigenvalue weighted by Crippen LogP contribution is 2.47. The van der Waals surface area contributed by atoms with E-state index in [0.29, 0.717) is 17.7 Å². The zero-order valence-electron chi connectivity index (χ0n) is 13.9. The first kappa shape index (κ1) is 15.5. The molecule has 1 aromatic heterocycles. The fraction of sp³-hybridized carbons (Fsp3) is 0.824. The minimum Gasteiger partial charge on any atom is -0.344 e. The fourth-order valence-electron chi connectivity index (χ4n) is 4.38. The molecule has 2 aliphatic carbocycles. The number of nitrogens with zero attached hydrogens (tertiary/aromatic N) is 2. The van der Waals surface area contributed by atoms with Crippen molar-refractivity contribution in [3.63, 3.8) is 0 Å². The number of fused-ring (bicyclic) bond motifs is 1. The van der Waals surface area contributed by atoms with Gasteiger partial charge >= 0.3 is 0 Å². The summed E-state index contributed by atoms with van der Waals surface area (Å²) in [7, 11) is 0. The van der Waals surface area contributed by atoms with E-state index in [0.717, 1.165) is 18.2 Å². The lowest BCUT2D eigenvalue weighted by Gasteiger charge is -2.39. The maximum absolute atomic E-state index is 11.3. The Kier molecular flexibility index (Phi) is 4.24. The fourth-order valence-corrected chi connectivity index (χ4v) is 4.38. The minimum atomic E-state index is -0.589. The molecule has 0 aromatic carbocycles. The Morgan fingerprint density at radius 3 is 2.68 bits per heavy atom. The van der Waals surface area contributed by atoms with Crippen molar-refractivity contribution in [3.05, 3.63) is 11.7 Å². The Morgan fingerprint density at radius 1 is 1.18 bits per heavy atom. The van der Waals surface area contributed by atoms with Gasteiger partial charge in [-0.1, -0.05) is 37.3 Å². The number of nitrogens with one attached hydrogen (secondary N) is 1. The maximum Gasteiger partial charge on any atom is 0.230 e. The highest BCUT2D eigenvalue weighted by molar-refractivity contribution is 5.73. The molecule has 5 nitrogen and oxygen atoms in total. The third-order valence-electron chi connectivity index (χ3n) is 5.38. The summed E-state index contributed by atoms with van der Waals surface area (Å²) < 4.78 is 5.61. The van der Waals surface area contributed by atoms with E-state index < -0.39 is 5.54 Å². The summed E-state index contributed by atoms with van der Waals surface area (Å²) in [4.78, 5) is 16.0. The van der Waals surface area contributed by atoms with E-state index in [1.807, 2.05) is 13.8 Å². The Bertz CT molecular complexity index is 536. The first-order chi connectivity index (χ1) is 10.5. The number of carbonyl (C=O) groups is 1. The van der Waals surface area contributed by atoms with Crippen LogP contribution in [0.4, 0.5) is 0 Å². The number of carbonyl (C=O) groups excluding carboxylic acids is 1. The summed E-state index contributed by atoms with van der Waals surface area (Å²) in [5, 5.41) is 7.04. The lowest BCUT2D eigenvalue weighted by Crippen LogP contribution is -2.40. The van der Waals surface area contributed by atoms with Crippen LogP contribution in [-0.4, -0.2) is 16.0 Å². The van der Waals surface area contributed by atoms with Gasteiger partial charge in [0, 0.05) is 12.8 Å². The molecule has 1 N–H and O–H groups in total. The van der Waals surface area contributed by atoms with Gasteiger partial charge in [0.1, 0.15) is 0 Å². The molecule has 3 atom stereocenters. The van der Waals surface area contributed by atoms with Crippen molar-refractivity contribution in [3.8, 4) is 0 Å². The van der Waals surface area contributed by atoms with Crippen molar-refractivity contribution < 1.29 is 9.32 Å². The molecule has 0 spiro atoms. The minimum absolute atomic E-state index is 0.0821. The van der Waals surface area contributed by atoms with Crippen LogP contribution in [0.1, 0.15) is 83.3 Å². The average molecular weight is 305 g/mol. The first-order valence-electron chi connectivity index (χ1n) is 8.60. The second kappa shape index (κ2) is 6.01. The SMILES string of the molecule is CC(=O)NC(C)(C)c1noc([C@@H]2CCC[C@H]3CCCC[C@@H]32)n1. The molecular weight excluding hydrogens is 278 g/mol. The van der Waals surface area contributed by atoms with Crippen LogP contribution in [0.25, 0.3) is 0 Å². The number of hydrogen-bond acceptors (Lipinski definition) is 4. The molecule has 1 aromatic rings. The Morgan fingerprint density at radius 2 is 1.91 bits per heavy atom. The highest BCUT2D eigenvalue weighted by atomic mass is 16.5. The van der Waals surface area contributed by atoms with Crippen molar-refractivity contribution in [2.75, 3.05) is 0 Å². The van der Waals surface area contributed by atoms with Crippen LogP contribution in [0, 0.1) is 11.8 Å². The van der Waals surface area contributed by atoms with Crippen LogP contribution in [0.5, 0.6) is 0 Å². The summed E-state index contributed by atoms with van der Waals surface area (Å²) in [5.74, 6) is 3.24. The molecule has 0 aliphatic heterocycles. The van der Waals surface area contributed by atoms with Gasteiger partial charge < -0.3 is 9.84 Å². The Hall–Kier alpha value is -1.39. The smallest absolute Gasteiger partial charge is 0.230 e. The topological polar surface area (TPSA) is 68.0 Å². The first-order valence-corrected chi connectivity index (χ1v) is 8.60. The van der Waals surface area contributed by atoms with Crippen molar-refractivity contribution >= 4 is 5.91 Å². The number of aromatic nitrogens is 2. The van der Waals surface area contributed by atoms with Crippen LogP contribution < -0.4 is 5.32 Å². The van der Waals surface area contributed by atoms with Gasteiger partial charge in [-0.05, 0) is 38.5 Å². The summed E-state index contributed by atoms with van der Waals surface area (Å²) in [6.45, 7) is 5.33. The van der Waals surface area contributed by atoms with Crippen molar-refractivity contribution in [1.29, 1.82) is 0 Å². The number of hydrogen-bond donors (Lipinski definition) is 1. The quantitative estimate of drug-likeness (QED) is 0.927. The largest absolute Gasteiger partial charge is 0.344 e. The second-order valence-electron chi connectivity index (χ2n) is 7.51. The van der Waals surface area contributed by atoms with Gasteiger partial charge in [0.15, 0.2) is 5.82 Å². The van der Waals surface area contributed by atoms with E-state index in [9.17, 15) is 4.79 Å². The summed E-state index contributed by atoms with van der Waals surface area (Å²) in [5.41, 5.74) is -0.589. The van der Waals surface area contributed by atoms with Crippen LogP contribution in [0.2, 0.25) is 0 Å². The molecule has 3 rings (SSSR count). The summed E-state index contributed by atoms with van der Waals surface area (Å²) >= 11 is 0. The predicted octanol–water partition coefficient (Wildman–Crippen LogP) is 3.51. The van der Waals surface area contributed by atoms with E-state index in [-0.39, 0.29) is 5.91 Å². The molecule has 0 unspecified atom stereocenters. The van der Waals surface area contributed by atoms with Crippen LogP contribution >= 0.6 is 0 Å². The normalized spacial score (nSPS) is 29.0. The van der Waals surface area contributed by atoms with Gasteiger partial charge in [-0.25, -0.2) is 0 Å². The van der Waals surface area contributed by atoms with Crippen molar-refractivity contribution in [2.45, 2.75) is 77.2 Å². The van der Waals surface area contributed by atoms with E-state index in [1.54, 1.807) is 0 Å². The highest BCUT2D eigenvalue weighted by Gasteiger charge is 2.39. The summed E-state index contributed by atoms with van der Waals surface area (Å²) in [6.07, 6.45) is 9.14. The number of rotatable bonds is 3. The van der Waals surface area contributed by atoms with Gasteiger partial charge in [-0.2, -0.15) is 4.98 Å². The van der Waals surface area contributed by atoms with Gasteiger partial charge in [0.05, 0.1) is 5.54 Å². The third kappa shape index (κ3) is 3.03. The van der Waals surface area contributed by atoms with Crippen molar-refractivity contribution in [2.24, 2.45) is 11.8 Å². The van der Waals surface area contributed by atoms with Crippen LogP contribution in [-0.2, 0) is 10.3 Å². The van der Waals surface area contributed by atoms with E-state index in [2.05, 4.69) is 15.5 Å². The zero-order valence-corrected chi connectivity index (χ0v) is 13.9. The predicted molar refractivity (Wildman–Crippen MR) is 83.2 cm³/mol. The lowest BCUT2D eigenvalue weighted by molar-refractivity contribution is -0.120. The van der Waals surface area contributed by atoms with E-state index >= 15 is 0 Å². The summed E-state index contributed by atoms with van der Waals surface area (Å²) in [6, 6.07) is 0. The molecule has 0 saturated heterocycles. The second-order valence-corrected chi connectivity index (χ2v) is 7.51. The molecular formula is C17H27N3O2. The Balaban J connectivity index is 1.79. The van der Waals surface area contributed by atoms with Gasteiger partial charge in [0.25, 0.3) is 0 Å². The van der Waals surface area contributed by atoms with Crippen molar-refractivity contribution in [1.82, 2.24) is 15.5 Å². The van der Waals surface area contributed by atoms with Crippen LogP contribution in [0.3, 0.4) is 0 Å². The third-order valence-corrected chi connectivity index (χ3v) is 5.38. The molecule has 5 heteroatoms. The molecule has 2 aliphatic rings. The van der Waals surface area contributed by atoms with Gasteiger partial charge in [-0.3, -0.25) is 4.79 Å². The monoisotopic (exact) mass is 305 g/mol. The lowest BCUT2D eigenvalue weighted by atomic mass is 9.65. The van der Waals surface area contributed by atoms with Gasteiger partial charge in [-0.15, -0.1) is 0 Å². The van der Waals surface area contributed by atoms with Gasteiger partial charge in [0.2, 0.25) is 11.8 Å². The molecule has 2 fully saturated rings. The molecule has 0 radical (unpaired) electrons. The van der Waals surface area contributed by atoms with Crippen LogP contribution in [0.15, 0.2) is 4.52 Å². The molecule has 1 heterocycles. The maximum atomic E-state index is 11.3. The van der Waals surface area contributed by atoms with E-state index in [1.165, 1.54) is 45.4 Å². The molecule has 0 bridgehead atoms. The number of amides is 1. The zero-order chi connectivity index (χ0) is 15.7.